The summed E-state index contributed by atoms with van der Waals surface area (Å²) in [6.45, 7) is 2.19. The number of carbonyl (C=O) groups excluding carboxylic acids is 2. The van der Waals surface area contributed by atoms with Crippen LogP contribution in [0.2, 0.25) is 0 Å². The molecule has 2 saturated heterocycles. The van der Waals surface area contributed by atoms with Crippen molar-refractivity contribution in [1.82, 2.24) is 24.6 Å². The van der Waals surface area contributed by atoms with Gasteiger partial charge in [0.15, 0.2) is 0 Å². The third kappa shape index (κ3) is 2.76. The summed E-state index contributed by atoms with van der Waals surface area (Å²) in [7, 11) is 3.81. The molecule has 2 aromatic rings. The minimum absolute atomic E-state index is 0.0162. The molecule has 8 heteroatoms. The van der Waals surface area contributed by atoms with Crippen LogP contribution in [0.1, 0.15) is 16.8 Å². The molecular formula is C18H22N6O2. The van der Waals surface area contributed by atoms with Gasteiger partial charge in [-0.25, -0.2) is 0 Å². The summed E-state index contributed by atoms with van der Waals surface area (Å²) in [4.78, 5) is 35.1. The first kappa shape index (κ1) is 16.7. The standard InChI is InChI=1S/C18H22N6O2/c1-21-11-16(25)24(15-9-20-22(2)10-15)13-18(21)5-8-23(12-18)17(26)14-3-6-19-7-4-14/h3-4,6-7,9-10H,5,8,11-13H2,1-2H3/t18-/m0/s1. The Morgan fingerprint density at radius 1 is 1.19 bits per heavy atom. The Balaban J connectivity index is 1.56. The molecule has 0 aliphatic carbocycles. The lowest BCUT2D eigenvalue weighted by Crippen LogP contribution is -2.64. The van der Waals surface area contributed by atoms with Gasteiger partial charge in [-0.1, -0.05) is 0 Å². The lowest BCUT2D eigenvalue weighted by Gasteiger charge is -2.46. The minimum atomic E-state index is -0.230. The summed E-state index contributed by atoms with van der Waals surface area (Å²) in [5.41, 5.74) is 1.23. The van der Waals surface area contributed by atoms with Gasteiger partial charge in [0.2, 0.25) is 5.91 Å². The van der Waals surface area contributed by atoms with E-state index in [9.17, 15) is 9.59 Å². The van der Waals surface area contributed by atoms with Crippen molar-refractivity contribution in [2.45, 2.75) is 12.0 Å². The summed E-state index contributed by atoms with van der Waals surface area (Å²) >= 11 is 0. The predicted octanol–water partition coefficient (Wildman–Crippen LogP) is 0.378. The normalized spacial score (nSPS) is 23.8. The molecule has 2 aliphatic heterocycles. The lowest BCUT2D eigenvalue weighted by molar-refractivity contribution is -0.123. The summed E-state index contributed by atoms with van der Waals surface area (Å²) in [6, 6.07) is 3.48. The van der Waals surface area contributed by atoms with E-state index in [1.165, 1.54) is 0 Å². The lowest BCUT2D eigenvalue weighted by atomic mass is 9.93. The van der Waals surface area contributed by atoms with Gasteiger partial charge in [-0.3, -0.25) is 24.2 Å². The number of piperazine rings is 1. The van der Waals surface area contributed by atoms with Crippen molar-refractivity contribution >= 4 is 17.5 Å². The molecule has 1 spiro atoms. The van der Waals surface area contributed by atoms with Gasteiger partial charge in [-0.15, -0.1) is 0 Å². The van der Waals surface area contributed by atoms with Crippen molar-refractivity contribution in [1.29, 1.82) is 0 Å². The van der Waals surface area contributed by atoms with E-state index >= 15 is 0 Å². The SMILES string of the molecule is CN1CC(=O)N(c2cnn(C)c2)C[C@@]12CCN(C(=O)c1ccncc1)C2. The summed E-state index contributed by atoms with van der Waals surface area (Å²) in [5.74, 6) is 0.0764. The zero-order valence-corrected chi connectivity index (χ0v) is 15.0. The third-order valence-electron chi connectivity index (χ3n) is 5.49. The summed E-state index contributed by atoms with van der Waals surface area (Å²) in [5, 5.41) is 4.18. The molecule has 0 bridgehead atoms. The fourth-order valence-corrected chi connectivity index (χ4v) is 3.89. The van der Waals surface area contributed by atoms with Crippen molar-refractivity contribution in [2.75, 3.05) is 38.1 Å². The Hall–Kier alpha value is -2.74. The molecule has 4 heterocycles. The molecule has 0 unspecified atom stereocenters. The van der Waals surface area contributed by atoms with Crippen LogP contribution in [-0.4, -0.2) is 75.1 Å². The Morgan fingerprint density at radius 3 is 2.65 bits per heavy atom. The molecule has 0 radical (unpaired) electrons. The van der Waals surface area contributed by atoms with E-state index in [1.807, 2.05) is 25.2 Å². The molecule has 4 rings (SSSR count). The average Bonchev–Trinajstić information content (AvgIpc) is 3.26. The van der Waals surface area contributed by atoms with Gasteiger partial charge in [0.05, 0.1) is 24.0 Å². The zero-order valence-electron chi connectivity index (χ0n) is 15.0. The largest absolute Gasteiger partial charge is 0.337 e. The highest BCUT2D eigenvalue weighted by Crippen LogP contribution is 2.33. The summed E-state index contributed by atoms with van der Waals surface area (Å²) < 4.78 is 1.70. The Morgan fingerprint density at radius 2 is 1.96 bits per heavy atom. The van der Waals surface area contributed by atoms with Crippen molar-refractivity contribution in [2.24, 2.45) is 7.05 Å². The van der Waals surface area contributed by atoms with E-state index < -0.39 is 0 Å². The second-order valence-electron chi connectivity index (χ2n) is 7.15. The highest BCUT2D eigenvalue weighted by molar-refractivity contribution is 5.96. The molecular weight excluding hydrogens is 332 g/mol. The maximum atomic E-state index is 12.8. The highest BCUT2D eigenvalue weighted by Gasteiger charge is 2.48. The second kappa shape index (κ2) is 6.21. The van der Waals surface area contributed by atoms with E-state index in [0.29, 0.717) is 31.7 Å². The van der Waals surface area contributed by atoms with Crippen LogP contribution in [0.3, 0.4) is 0 Å². The molecule has 0 saturated carbocycles. The molecule has 2 amide bonds. The maximum Gasteiger partial charge on any atom is 0.254 e. The van der Waals surface area contributed by atoms with Gasteiger partial charge in [-0.05, 0) is 25.6 Å². The topological polar surface area (TPSA) is 74.6 Å². The molecule has 1 atom stereocenters. The van der Waals surface area contributed by atoms with Crippen molar-refractivity contribution in [3.05, 3.63) is 42.5 Å². The molecule has 26 heavy (non-hydrogen) atoms. The number of amides is 2. The van der Waals surface area contributed by atoms with Gasteiger partial charge in [0.1, 0.15) is 0 Å². The number of hydrogen-bond donors (Lipinski definition) is 0. The molecule has 136 valence electrons. The number of hydrogen-bond acceptors (Lipinski definition) is 5. The van der Waals surface area contributed by atoms with Gasteiger partial charge in [0.25, 0.3) is 5.91 Å². The van der Waals surface area contributed by atoms with E-state index in [-0.39, 0.29) is 17.4 Å². The van der Waals surface area contributed by atoms with E-state index in [1.54, 1.807) is 40.3 Å². The van der Waals surface area contributed by atoms with Gasteiger partial charge >= 0.3 is 0 Å². The number of aryl methyl sites for hydroxylation is 1. The van der Waals surface area contributed by atoms with Crippen LogP contribution in [0.5, 0.6) is 0 Å². The van der Waals surface area contributed by atoms with Crippen LogP contribution in [0.4, 0.5) is 5.69 Å². The number of likely N-dealkylation sites (tertiary alicyclic amines) is 1. The van der Waals surface area contributed by atoms with Gasteiger partial charge < -0.3 is 9.80 Å². The van der Waals surface area contributed by atoms with Crippen LogP contribution >= 0.6 is 0 Å². The van der Waals surface area contributed by atoms with Crippen molar-refractivity contribution in [3.63, 3.8) is 0 Å². The van der Waals surface area contributed by atoms with E-state index in [4.69, 9.17) is 0 Å². The van der Waals surface area contributed by atoms with Crippen molar-refractivity contribution < 1.29 is 9.59 Å². The molecule has 0 aromatic carbocycles. The number of carbonyl (C=O) groups is 2. The summed E-state index contributed by atoms with van der Waals surface area (Å²) in [6.07, 6.45) is 7.67. The number of likely N-dealkylation sites (N-methyl/N-ethyl adjacent to an activating group) is 1. The first-order valence-electron chi connectivity index (χ1n) is 8.68. The van der Waals surface area contributed by atoms with Crippen LogP contribution < -0.4 is 4.90 Å². The first-order chi connectivity index (χ1) is 12.5. The monoisotopic (exact) mass is 354 g/mol. The quantitative estimate of drug-likeness (QED) is 0.779. The smallest absolute Gasteiger partial charge is 0.254 e. The Bertz CT molecular complexity index is 835. The van der Waals surface area contributed by atoms with E-state index in [0.717, 1.165) is 12.1 Å². The maximum absolute atomic E-state index is 12.8. The molecule has 2 aliphatic rings. The van der Waals surface area contributed by atoms with E-state index in [2.05, 4.69) is 15.0 Å². The Labute approximate surface area is 152 Å². The fourth-order valence-electron chi connectivity index (χ4n) is 3.89. The minimum Gasteiger partial charge on any atom is -0.337 e. The molecule has 2 aromatic heterocycles. The third-order valence-corrected chi connectivity index (χ3v) is 5.49. The number of anilines is 1. The zero-order chi connectivity index (χ0) is 18.3. The van der Waals surface area contributed by atoms with Crippen LogP contribution in [0, 0.1) is 0 Å². The second-order valence-corrected chi connectivity index (χ2v) is 7.15. The van der Waals surface area contributed by atoms with Crippen LogP contribution in [0.25, 0.3) is 0 Å². The Kier molecular flexibility index (Phi) is 3.99. The number of rotatable bonds is 2. The number of nitrogens with zero attached hydrogens (tertiary/aromatic N) is 6. The van der Waals surface area contributed by atoms with Gasteiger partial charge in [0, 0.05) is 50.8 Å². The van der Waals surface area contributed by atoms with Gasteiger partial charge in [-0.2, -0.15) is 5.10 Å². The van der Waals surface area contributed by atoms with Crippen molar-refractivity contribution in [3.8, 4) is 0 Å². The highest BCUT2D eigenvalue weighted by atomic mass is 16.2. The first-order valence-corrected chi connectivity index (χ1v) is 8.68. The molecule has 2 fully saturated rings. The molecule has 8 nitrogen and oxygen atoms in total. The predicted molar refractivity (Wildman–Crippen MR) is 95.7 cm³/mol. The molecule has 0 N–H and O–H groups in total. The number of aromatic nitrogens is 3. The van der Waals surface area contributed by atoms with Crippen LogP contribution in [-0.2, 0) is 11.8 Å². The average molecular weight is 354 g/mol. The fraction of sp³-hybridized carbons (Fsp3) is 0.444. The number of pyridine rings is 1. The van der Waals surface area contributed by atoms with Crippen LogP contribution in [0.15, 0.2) is 36.9 Å².